The summed E-state index contributed by atoms with van der Waals surface area (Å²) >= 11 is 0. The third-order valence-electron chi connectivity index (χ3n) is 6.28. The number of nitrogens with one attached hydrogen (secondary N) is 3. The second kappa shape index (κ2) is 17.1. The number of carbonyl (C=O) groups excluding carboxylic acids is 3. The van der Waals surface area contributed by atoms with Crippen LogP contribution in [0.1, 0.15) is 57.9 Å². The molecule has 0 spiro atoms. The minimum atomic E-state index is -1.27. The zero-order chi connectivity index (χ0) is 28.7. The molecule has 1 rings (SSSR count). The van der Waals surface area contributed by atoms with E-state index in [4.69, 9.17) is 16.6 Å². The van der Waals surface area contributed by atoms with Gasteiger partial charge in [-0.1, -0.05) is 57.0 Å². The van der Waals surface area contributed by atoms with Crippen LogP contribution in [-0.4, -0.2) is 70.6 Å². The smallest absolute Gasteiger partial charge is 0.326 e. The molecular weight excluding hydrogens is 494 g/mol. The van der Waals surface area contributed by atoms with Crippen molar-refractivity contribution >= 4 is 29.7 Å². The highest BCUT2D eigenvalue weighted by Crippen LogP contribution is 2.11. The first-order valence-electron chi connectivity index (χ1n) is 12.8. The molecule has 0 aromatic heterocycles. The van der Waals surface area contributed by atoms with E-state index in [-0.39, 0.29) is 18.8 Å². The van der Waals surface area contributed by atoms with Gasteiger partial charge >= 0.3 is 11.9 Å². The summed E-state index contributed by atoms with van der Waals surface area (Å²) in [5.41, 5.74) is 12.1. The van der Waals surface area contributed by atoms with E-state index in [9.17, 15) is 29.1 Å². The SMILES string of the molecule is CCC(C)C(NC(=O)C(Cc1ccccc1)NC(=O)C(CCC(=O)O)NC(=O)C(N)CCCCN)C(=O)O. The maximum absolute atomic E-state index is 13.2. The van der Waals surface area contributed by atoms with Gasteiger partial charge in [-0.15, -0.1) is 0 Å². The van der Waals surface area contributed by atoms with Gasteiger partial charge in [-0.3, -0.25) is 19.2 Å². The van der Waals surface area contributed by atoms with E-state index >= 15 is 0 Å². The van der Waals surface area contributed by atoms with E-state index in [0.717, 1.165) is 0 Å². The number of rotatable bonds is 18. The van der Waals surface area contributed by atoms with E-state index in [1.54, 1.807) is 44.2 Å². The molecule has 12 nitrogen and oxygen atoms in total. The second-order valence-electron chi connectivity index (χ2n) is 9.35. The van der Waals surface area contributed by atoms with Crippen molar-refractivity contribution in [1.29, 1.82) is 0 Å². The molecule has 1 aromatic rings. The van der Waals surface area contributed by atoms with Crippen LogP contribution in [0.25, 0.3) is 0 Å². The number of carboxylic acid groups (broad SMARTS) is 2. The minimum absolute atomic E-state index is 0.0451. The average Bonchev–Trinajstić information content (AvgIpc) is 2.88. The van der Waals surface area contributed by atoms with Crippen molar-refractivity contribution in [3.8, 4) is 0 Å². The molecule has 0 saturated carbocycles. The Morgan fingerprint density at radius 3 is 2.03 bits per heavy atom. The average molecular weight is 536 g/mol. The van der Waals surface area contributed by atoms with Crippen molar-refractivity contribution < 1.29 is 34.2 Å². The van der Waals surface area contributed by atoms with Gasteiger partial charge in [0.25, 0.3) is 0 Å². The molecule has 9 N–H and O–H groups in total. The predicted molar refractivity (Wildman–Crippen MR) is 141 cm³/mol. The molecular formula is C26H41N5O7. The minimum Gasteiger partial charge on any atom is -0.481 e. The van der Waals surface area contributed by atoms with Gasteiger partial charge in [-0.2, -0.15) is 0 Å². The van der Waals surface area contributed by atoms with Crippen molar-refractivity contribution in [2.45, 2.75) is 83.0 Å². The van der Waals surface area contributed by atoms with Crippen molar-refractivity contribution in [3.63, 3.8) is 0 Å². The third kappa shape index (κ3) is 11.7. The maximum atomic E-state index is 13.2. The largest absolute Gasteiger partial charge is 0.481 e. The number of carbonyl (C=O) groups is 5. The van der Waals surface area contributed by atoms with Crippen LogP contribution in [0.4, 0.5) is 0 Å². The summed E-state index contributed by atoms with van der Waals surface area (Å²) in [6.07, 6.45) is 1.52. The Balaban J connectivity index is 3.12. The molecule has 38 heavy (non-hydrogen) atoms. The van der Waals surface area contributed by atoms with Gasteiger partial charge in [-0.25, -0.2) is 4.79 Å². The Bertz CT molecular complexity index is 928. The zero-order valence-electron chi connectivity index (χ0n) is 22.0. The zero-order valence-corrected chi connectivity index (χ0v) is 22.0. The summed E-state index contributed by atoms with van der Waals surface area (Å²) in [5.74, 6) is -4.85. The lowest BCUT2D eigenvalue weighted by atomic mass is 9.98. The molecule has 0 aliphatic heterocycles. The summed E-state index contributed by atoms with van der Waals surface area (Å²) < 4.78 is 0. The maximum Gasteiger partial charge on any atom is 0.326 e. The fourth-order valence-electron chi connectivity index (χ4n) is 3.72. The van der Waals surface area contributed by atoms with Gasteiger partial charge in [0.05, 0.1) is 6.04 Å². The topological polar surface area (TPSA) is 214 Å². The number of aliphatic carboxylic acids is 2. The van der Waals surface area contributed by atoms with Crippen LogP contribution in [-0.2, 0) is 30.4 Å². The standard InChI is InChI=1S/C26H41N5O7/c1-3-16(2)22(26(37)38)31-25(36)20(15-17-9-5-4-6-10-17)30-24(35)19(12-13-21(32)33)29-23(34)18(28)11-7-8-14-27/h4-6,9-10,16,18-20,22H,3,7-8,11-15,27-28H2,1-2H3,(H,29,34)(H,30,35)(H,31,36)(H,32,33)(H,37,38). The highest BCUT2D eigenvalue weighted by atomic mass is 16.4. The van der Waals surface area contributed by atoms with E-state index in [0.29, 0.717) is 37.8 Å². The Morgan fingerprint density at radius 2 is 1.47 bits per heavy atom. The molecule has 1 aromatic carbocycles. The quantitative estimate of drug-likeness (QED) is 0.127. The first-order chi connectivity index (χ1) is 18.0. The van der Waals surface area contributed by atoms with Gasteiger partial charge < -0.3 is 37.6 Å². The van der Waals surface area contributed by atoms with Gasteiger partial charge in [-0.05, 0) is 37.3 Å². The molecule has 12 heteroatoms. The van der Waals surface area contributed by atoms with E-state index in [1.165, 1.54) is 0 Å². The van der Waals surface area contributed by atoms with Crippen molar-refractivity contribution in [1.82, 2.24) is 16.0 Å². The molecule has 0 aliphatic carbocycles. The molecule has 212 valence electrons. The number of hydrogen-bond acceptors (Lipinski definition) is 7. The highest BCUT2D eigenvalue weighted by molar-refractivity contribution is 5.94. The second-order valence-corrected chi connectivity index (χ2v) is 9.35. The van der Waals surface area contributed by atoms with E-state index < -0.39 is 60.2 Å². The third-order valence-corrected chi connectivity index (χ3v) is 6.28. The number of amides is 3. The van der Waals surface area contributed by atoms with Crippen LogP contribution in [0.5, 0.6) is 0 Å². The summed E-state index contributed by atoms with van der Waals surface area (Å²) in [5, 5.41) is 26.3. The van der Waals surface area contributed by atoms with E-state index in [1.807, 2.05) is 0 Å². The lowest BCUT2D eigenvalue weighted by molar-refractivity contribution is -0.143. The fourth-order valence-corrected chi connectivity index (χ4v) is 3.72. The molecule has 0 bridgehead atoms. The van der Waals surface area contributed by atoms with Crippen LogP contribution >= 0.6 is 0 Å². The first-order valence-corrected chi connectivity index (χ1v) is 12.8. The number of nitrogens with two attached hydrogens (primary N) is 2. The van der Waals surface area contributed by atoms with Gasteiger partial charge in [0, 0.05) is 12.8 Å². The van der Waals surface area contributed by atoms with Crippen molar-refractivity contribution in [2.24, 2.45) is 17.4 Å². The molecule has 0 radical (unpaired) electrons. The number of benzene rings is 1. The monoisotopic (exact) mass is 535 g/mol. The molecule has 0 fully saturated rings. The summed E-state index contributed by atoms with van der Waals surface area (Å²) in [6, 6.07) is 4.26. The number of hydrogen-bond donors (Lipinski definition) is 7. The summed E-state index contributed by atoms with van der Waals surface area (Å²) in [6.45, 7) is 3.94. The molecule has 0 saturated heterocycles. The Morgan fingerprint density at radius 1 is 0.868 bits per heavy atom. The summed E-state index contributed by atoms with van der Waals surface area (Å²) in [4.78, 5) is 61.9. The highest BCUT2D eigenvalue weighted by Gasteiger charge is 2.32. The van der Waals surface area contributed by atoms with Crippen LogP contribution in [0, 0.1) is 5.92 Å². The Labute approximate surface area is 222 Å². The van der Waals surface area contributed by atoms with Gasteiger partial charge in [0.15, 0.2) is 0 Å². The lowest BCUT2D eigenvalue weighted by Crippen LogP contribution is -2.58. The number of unbranched alkanes of at least 4 members (excludes halogenated alkanes) is 1. The predicted octanol–water partition coefficient (Wildman–Crippen LogP) is 0.135. The van der Waals surface area contributed by atoms with Crippen molar-refractivity contribution in [2.75, 3.05) is 6.54 Å². The molecule has 0 aliphatic rings. The fraction of sp³-hybridized carbons (Fsp3) is 0.577. The normalized spacial score (nSPS) is 14.8. The Hall–Kier alpha value is -3.51. The van der Waals surface area contributed by atoms with Crippen LogP contribution in [0.3, 0.4) is 0 Å². The lowest BCUT2D eigenvalue weighted by Gasteiger charge is -2.26. The van der Waals surface area contributed by atoms with Crippen molar-refractivity contribution in [3.05, 3.63) is 35.9 Å². The molecule has 5 unspecified atom stereocenters. The molecule has 3 amide bonds. The van der Waals surface area contributed by atoms with Crippen LogP contribution < -0.4 is 27.4 Å². The van der Waals surface area contributed by atoms with Crippen LogP contribution in [0.15, 0.2) is 30.3 Å². The molecule has 5 atom stereocenters. The number of carboxylic acids is 2. The summed E-state index contributed by atoms with van der Waals surface area (Å²) in [7, 11) is 0. The van der Waals surface area contributed by atoms with E-state index in [2.05, 4.69) is 16.0 Å². The van der Waals surface area contributed by atoms with Gasteiger partial charge in [0.1, 0.15) is 18.1 Å². The van der Waals surface area contributed by atoms with Crippen LogP contribution in [0.2, 0.25) is 0 Å². The molecule has 0 heterocycles. The first kappa shape index (κ1) is 32.5. The Kier molecular flexibility index (Phi) is 14.6. The van der Waals surface area contributed by atoms with Gasteiger partial charge in [0.2, 0.25) is 17.7 Å².